The molecule has 1 atom stereocenters. The van der Waals surface area contributed by atoms with Gasteiger partial charge in [0.2, 0.25) is 5.95 Å². The summed E-state index contributed by atoms with van der Waals surface area (Å²) >= 11 is 5.67. The van der Waals surface area contributed by atoms with Crippen LogP contribution in [-0.2, 0) is 12.6 Å². The van der Waals surface area contributed by atoms with Gasteiger partial charge in [0.05, 0.1) is 0 Å². The summed E-state index contributed by atoms with van der Waals surface area (Å²) in [5.41, 5.74) is 1.85. The predicted octanol–water partition coefficient (Wildman–Crippen LogP) is 4.25. The summed E-state index contributed by atoms with van der Waals surface area (Å²) in [5, 5.41) is 5.72. The molecule has 2 aromatic rings. The van der Waals surface area contributed by atoms with E-state index in [9.17, 15) is 13.2 Å². The van der Waals surface area contributed by atoms with E-state index in [1.807, 2.05) is 19.1 Å². The lowest BCUT2D eigenvalue weighted by molar-refractivity contribution is -0.137. The Morgan fingerprint density at radius 2 is 2.15 bits per heavy atom. The lowest BCUT2D eigenvalue weighted by Gasteiger charge is -2.36. The van der Waals surface area contributed by atoms with Crippen molar-refractivity contribution in [3.05, 3.63) is 40.7 Å². The fraction of sp³-hybridized carbons (Fsp3) is 0.444. The zero-order valence-electron chi connectivity index (χ0n) is 15.1. The molecule has 0 unspecified atom stereocenters. The molecule has 3 rings (SSSR count). The van der Waals surface area contributed by atoms with Gasteiger partial charge in [-0.15, -0.1) is 0 Å². The molecule has 5 nitrogen and oxygen atoms in total. The number of benzene rings is 1. The Morgan fingerprint density at radius 1 is 1.37 bits per heavy atom. The maximum Gasteiger partial charge on any atom is 0.420 e. The normalized spacial score (nSPS) is 17.9. The number of hydrogen-bond acceptors (Lipinski definition) is 5. The van der Waals surface area contributed by atoms with Crippen LogP contribution >= 0.6 is 11.6 Å². The minimum atomic E-state index is -4.58. The van der Waals surface area contributed by atoms with Gasteiger partial charge in [-0.1, -0.05) is 18.5 Å². The van der Waals surface area contributed by atoms with Gasteiger partial charge in [-0.2, -0.15) is 13.2 Å². The van der Waals surface area contributed by atoms with Gasteiger partial charge in [0.25, 0.3) is 0 Å². The van der Waals surface area contributed by atoms with Crippen LogP contribution in [0.15, 0.2) is 24.4 Å². The van der Waals surface area contributed by atoms with E-state index in [0.717, 1.165) is 43.0 Å². The van der Waals surface area contributed by atoms with E-state index in [2.05, 4.69) is 38.5 Å². The third-order valence-corrected chi connectivity index (χ3v) is 4.88. The number of alkyl halides is 3. The van der Waals surface area contributed by atoms with E-state index in [4.69, 9.17) is 11.6 Å². The number of piperazine rings is 1. The molecule has 27 heavy (non-hydrogen) atoms. The second-order valence-corrected chi connectivity index (χ2v) is 6.82. The van der Waals surface area contributed by atoms with Crippen LogP contribution in [0.4, 0.5) is 30.5 Å². The molecule has 2 N–H and O–H groups in total. The SMILES string of the molecule is CCc1cc(N2CCNC[C@@H]2C)ccc1Nc1ncc(C(F)(F)F)c(Cl)n1. The summed E-state index contributed by atoms with van der Waals surface area (Å²) in [4.78, 5) is 9.83. The van der Waals surface area contributed by atoms with Crippen LogP contribution in [-0.4, -0.2) is 35.6 Å². The third kappa shape index (κ3) is 4.44. The van der Waals surface area contributed by atoms with Crippen molar-refractivity contribution in [2.75, 3.05) is 29.9 Å². The number of nitrogens with one attached hydrogen (secondary N) is 2. The first-order valence-corrected chi connectivity index (χ1v) is 9.14. The summed E-state index contributed by atoms with van der Waals surface area (Å²) in [6, 6.07) is 6.38. The number of hydrogen-bond donors (Lipinski definition) is 2. The highest BCUT2D eigenvalue weighted by Crippen LogP contribution is 2.34. The molecule has 1 aromatic heterocycles. The van der Waals surface area contributed by atoms with Crippen LogP contribution in [0.2, 0.25) is 5.15 Å². The molecule has 1 aliphatic heterocycles. The van der Waals surface area contributed by atoms with E-state index in [1.54, 1.807) is 0 Å². The Morgan fingerprint density at radius 3 is 2.78 bits per heavy atom. The quantitative estimate of drug-likeness (QED) is 0.753. The van der Waals surface area contributed by atoms with Gasteiger partial charge in [0.1, 0.15) is 10.7 Å². The number of aromatic nitrogens is 2. The average Bonchev–Trinajstić information content (AvgIpc) is 2.61. The second kappa shape index (κ2) is 7.90. The Labute approximate surface area is 161 Å². The molecule has 0 aliphatic carbocycles. The molecule has 1 fully saturated rings. The first kappa shape index (κ1) is 19.7. The topological polar surface area (TPSA) is 53.1 Å². The second-order valence-electron chi connectivity index (χ2n) is 6.46. The highest BCUT2D eigenvalue weighted by atomic mass is 35.5. The van der Waals surface area contributed by atoms with Crippen molar-refractivity contribution in [3.8, 4) is 0 Å². The van der Waals surface area contributed by atoms with Crippen LogP contribution in [0.25, 0.3) is 0 Å². The summed E-state index contributed by atoms with van der Waals surface area (Å²) in [6.07, 6.45) is -3.13. The van der Waals surface area contributed by atoms with Crippen molar-refractivity contribution in [3.63, 3.8) is 0 Å². The minimum Gasteiger partial charge on any atom is -0.366 e. The smallest absolute Gasteiger partial charge is 0.366 e. The lowest BCUT2D eigenvalue weighted by atomic mass is 10.1. The van der Waals surface area contributed by atoms with Crippen LogP contribution in [0.3, 0.4) is 0 Å². The van der Waals surface area contributed by atoms with Gasteiger partial charge in [-0.05, 0) is 37.1 Å². The van der Waals surface area contributed by atoms with Gasteiger partial charge < -0.3 is 15.5 Å². The van der Waals surface area contributed by atoms with Crippen molar-refractivity contribution in [2.24, 2.45) is 0 Å². The first-order valence-electron chi connectivity index (χ1n) is 8.76. The Balaban J connectivity index is 1.84. The molecule has 0 saturated carbocycles. The Hall–Kier alpha value is -2.06. The summed E-state index contributed by atoms with van der Waals surface area (Å²) in [5.74, 6) is 0.0333. The predicted molar refractivity (Wildman–Crippen MR) is 101 cm³/mol. The summed E-state index contributed by atoms with van der Waals surface area (Å²) in [6.45, 7) is 6.98. The number of rotatable bonds is 4. The molecule has 1 aromatic carbocycles. The highest BCUT2D eigenvalue weighted by Gasteiger charge is 2.34. The van der Waals surface area contributed by atoms with Crippen LogP contribution in [0, 0.1) is 0 Å². The number of anilines is 3. The van der Waals surface area contributed by atoms with Gasteiger partial charge in [-0.25, -0.2) is 9.97 Å². The fourth-order valence-corrected chi connectivity index (χ4v) is 3.37. The fourth-order valence-electron chi connectivity index (χ4n) is 3.13. The molecular formula is C18H21ClF3N5. The van der Waals surface area contributed by atoms with Crippen LogP contribution in [0.1, 0.15) is 25.0 Å². The number of nitrogens with zero attached hydrogens (tertiary/aromatic N) is 3. The maximum absolute atomic E-state index is 12.8. The molecule has 0 spiro atoms. The van der Waals surface area contributed by atoms with E-state index >= 15 is 0 Å². The lowest BCUT2D eigenvalue weighted by Crippen LogP contribution is -2.49. The van der Waals surface area contributed by atoms with Crippen molar-refractivity contribution in [1.29, 1.82) is 0 Å². The van der Waals surface area contributed by atoms with Gasteiger partial charge >= 0.3 is 6.18 Å². The van der Waals surface area contributed by atoms with Crippen molar-refractivity contribution in [2.45, 2.75) is 32.5 Å². The van der Waals surface area contributed by atoms with E-state index < -0.39 is 16.9 Å². The first-order chi connectivity index (χ1) is 12.8. The van der Waals surface area contributed by atoms with E-state index in [-0.39, 0.29) is 5.95 Å². The molecule has 146 valence electrons. The van der Waals surface area contributed by atoms with Crippen molar-refractivity contribution >= 4 is 28.9 Å². The highest BCUT2D eigenvalue weighted by molar-refractivity contribution is 6.30. The van der Waals surface area contributed by atoms with Crippen molar-refractivity contribution < 1.29 is 13.2 Å². The largest absolute Gasteiger partial charge is 0.420 e. The molecule has 9 heteroatoms. The molecule has 1 aliphatic rings. The zero-order chi connectivity index (χ0) is 19.6. The number of halogens is 4. The molecule has 0 radical (unpaired) electrons. The molecule has 2 heterocycles. The van der Waals surface area contributed by atoms with E-state index in [0.29, 0.717) is 12.2 Å². The third-order valence-electron chi connectivity index (χ3n) is 4.60. The monoisotopic (exact) mass is 399 g/mol. The van der Waals surface area contributed by atoms with Gasteiger partial charge in [-0.3, -0.25) is 0 Å². The minimum absolute atomic E-state index is 0.0333. The standard InChI is InChI=1S/C18H21ClF3N5/c1-3-12-8-13(27-7-6-23-9-11(27)2)4-5-15(12)25-17-24-10-14(16(19)26-17)18(20,21)22/h4-5,8,10-11,23H,3,6-7,9H2,1-2H3,(H,24,25,26)/t11-/m0/s1. The zero-order valence-corrected chi connectivity index (χ0v) is 15.8. The Bertz CT molecular complexity index is 812. The van der Waals surface area contributed by atoms with Gasteiger partial charge in [0, 0.05) is 43.2 Å². The number of aryl methyl sites for hydroxylation is 1. The van der Waals surface area contributed by atoms with Crippen LogP contribution in [0.5, 0.6) is 0 Å². The van der Waals surface area contributed by atoms with E-state index in [1.165, 1.54) is 0 Å². The molecule has 1 saturated heterocycles. The molecule has 0 bridgehead atoms. The summed E-state index contributed by atoms with van der Waals surface area (Å²) in [7, 11) is 0. The summed E-state index contributed by atoms with van der Waals surface area (Å²) < 4.78 is 38.4. The average molecular weight is 400 g/mol. The Kier molecular flexibility index (Phi) is 5.76. The maximum atomic E-state index is 12.8. The molecule has 0 amide bonds. The van der Waals surface area contributed by atoms with Gasteiger partial charge in [0.15, 0.2) is 0 Å². The molecular weight excluding hydrogens is 379 g/mol. The van der Waals surface area contributed by atoms with Crippen molar-refractivity contribution in [1.82, 2.24) is 15.3 Å². The van der Waals surface area contributed by atoms with Crippen LogP contribution < -0.4 is 15.5 Å².